The highest BCUT2D eigenvalue weighted by Gasteiger charge is 2.31. The third-order valence-corrected chi connectivity index (χ3v) is 3.91. The van der Waals surface area contributed by atoms with Gasteiger partial charge in [-0.25, -0.2) is 0 Å². The van der Waals surface area contributed by atoms with Gasteiger partial charge in [0.2, 0.25) is 0 Å². The molecule has 2 aliphatic rings. The molecule has 2 fully saturated rings. The van der Waals surface area contributed by atoms with Crippen molar-refractivity contribution in [3.05, 3.63) is 0 Å². The predicted octanol–water partition coefficient (Wildman–Crippen LogP) is 1.49. The second-order valence-electron chi connectivity index (χ2n) is 6.01. The Morgan fingerprint density at radius 2 is 1.75 bits per heavy atom. The van der Waals surface area contributed by atoms with Crippen LogP contribution < -0.4 is 5.32 Å². The van der Waals surface area contributed by atoms with Crippen molar-refractivity contribution in [1.82, 2.24) is 10.2 Å². The largest absolute Gasteiger partial charge is 0.373 e. The summed E-state index contributed by atoms with van der Waals surface area (Å²) in [5.41, 5.74) is 0.516. The van der Waals surface area contributed by atoms with Crippen LogP contribution in [0.1, 0.15) is 33.6 Å². The average Bonchev–Trinajstić information content (AvgIpc) is 2.15. The Morgan fingerprint density at radius 1 is 1.19 bits per heavy atom. The molecule has 0 bridgehead atoms. The van der Waals surface area contributed by atoms with Crippen LogP contribution in [-0.4, -0.2) is 49.8 Å². The molecule has 0 amide bonds. The van der Waals surface area contributed by atoms with E-state index in [1.54, 1.807) is 0 Å². The summed E-state index contributed by atoms with van der Waals surface area (Å²) in [4.78, 5) is 2.60. The van der Waals surface area contributed by atoms with Crippen molar-refractivity contribution in [2.45, 2.75) is 45.8 Å². The number of nitrogens with zero attached hydrogens (tertiary/aromatic N) is 1. The molecule has 2 saturated heterocycles. The highest BCUT2D eigenvalue weighted by Crippen LogP contribution is 2.30. The molecule has 2 aliphatic heterocycles. The number of ether oxygens (including phenoxy) is 1. The molecule has 0 radical (unpaired) electrons. The Morgan fingerprint density at radius 3 is 2.31 bits per heavy atom. The first-order valence-electron chi connectivity index (χ1n) is 6.66. The Kier molecular flexibility index (Phi) is 3.88. The van der Waals surface area contributed by atoms with E-state index in [0.717, 1.165) is 13.1 Å². The van der Waals surface area contributed by atoms with Gasteiger partial charge in [0.25, 0.3) is 0 Å². The number of hydrogen-bond donors (Lipinski definition) is 1. The van der Waals surface area contributed by atoms with E-state index < -0.39 is 0 Å². The van der Waals surface area contributed by atoms with Crippen LogP contribution >= 0.6 is 0 Å². The SMILES string of the molecule is CC1CN(CC2(C)CCNCC2)CC(C)O1. The molecule has 0 saturated carbocycles. The van der Waals surface area contributed by atoms with Gasteiger partial charge in [0.15, 0.2) is 0 Å². The first-order chi connectivity index (χ1) is 7.57. The fourth-order valence-corrected chi connectivity index (χ4v) is 3.14. The van der Waals surface area contributed by atoms with E-state index >= 15 is 0 Å². The van der Waals surface area contributed by atoms with Gasteiger partial charge < -0.3 is 10.1 Å². The predicted molar refractivity (Wildman–Crippen MR) is 66.7 cm³/mol. The van der Waals surface area contributed by atoms with E-state index in [0.29, 0.717) is 17.6 Å². The van der Waals surface area contributed by atoms with Crippen LogP contribution in [0.5, 0.6) is 0 Å². The molecule has 2 atom stereocenters. The summed E-state index contributed by atoms with van der Waals surface area (Å²) in [6.07, 6.45) is 3.42. The third-order valence-electron chi connectivity index (χ3n) is 3.91. The molecule has 2 rings (SSSR count). The molecule has 3 nitrogen and oxygen atoms in total. The standard InChI is InChI=1S/C13H26N2O/c1-11-8-15(9-12(2)16-11)10-13(3)4-6-14-7-5-13/h11-12,14H,4-10H2,1-3H3. The topological polar surface area (TPSA) is 24.5 Å². The van der Waals surface area contributed by atoms with Crippen molar-refractivity contribution in [2.75, 3.05) is 32.7 Å². The smallest absolute Gasteiger partial charge is 0.0678 e. The van der Waals surface area contributed by atoms with Crippen LogP contribution in [0.25, 0.3) is 0 Å². The zero-order chi connectivity index (χ0) is 11.6. The number of morpholine rings is 1. The Hall–Kier alpha value is -0.120. The van der Waals surface area contributed by atoms with E-state index in [1.165, 1.54) is 32.5 Å². The van der Waals surface area contributed by atoms with Crippen molar-refractivity contribution in [3.63, 3.8) is 0 Å². The Labute approximate surface area is 99.5 Å². The van der Waals surface area contributed by atoms with Gasteiger partial charge in [-0.3, -0.25) is 4.90 Å². The number of piperidine rings is 1. The summed E-state index contributed by atoms with van der Waals surface area (Å²) in [7, 11) is 0. The maximum Gasteiger partial charge on any atom is 0.0678 e. The number of hydrogen-bond acceptors (Lipinski definition) is 3. The zero-order valence-electron chi connectivity index (χ0n) is 11.0. The lowest BCUT2D eigenvalue weighted by Gasteiger charge is -2.42. The summed E-state index contributed by atoms with van der Waals surface area (Å²) >= 11 is 0. The van der Waals surface area contributed by atoms with Gasteiger partial charge in [0, 0.05) is 19.6 Å². The molecule has 0 aromatic carbocycles. The van der Waals surface area contributed by atoms with E-state index in [1.807, 2.05) is 0 Å². The third kappa shape index (κ3) is 3.19. The summed E-state index contributed by atoms with van der Waals surface area (Å²) in [5, 5.41) is 3.45. The fourth-order valence-electron chi connectivity index (χ4n) is 3.14. The molecule has 16 heavy (non-hydrogen) atoms. The molecule has 94 valence electrons. The van der Waals surface area contributed by atoms with Crippen molar-refractivity contribution in [3.8, 4) is 0 Å². The number of rotatable bonds is 2. The van der Waals surface area contributed by atoms with Crippen LogP contribution in [-0.2, 0) is 4.74 Å². The highest BCUT2D eigenvalue weighted by atomic mass is 16.5. The van der Waals surface area contributed by atoms with Gasteiger partial charge in [-0.15, -0.1) is 0 Å². The molecular weight excluding hydrogens is 200 g/mol. The first-order valence-corrected chi connectivity index (χ1v) is 6.66. The second kappa shape index (κ2) is 5.03. The van der Waals surface area contributed by atoms with Crippen LogP contribution in [0.2, 0.25) is 0 Å². The van der Waals surface area contributed by atoms with Crippen LogP contribution in [0.3, 0.4) is 0 Å². The molecule has 0 aromatic rings. The van der Waals surface area contributed by atoms with E-state index in [-0.39, 0.29) is 0 Å². The van der Waals surface area contributed by atoms with E-state index in [9.17, 15) is 0 Å². The lowest BCUT2D eigenvalue weighted by molar-refractivity contribution is -0.0784. The van der Waals surface area contributed by atoms with Crippen molar-refractivity contribution < 1.29 is 4.74 Å². The van der Waals surface area contributed by atoms with Gasteiger partial charge >= 0.3 is 0 Å². The van der Waals surface area contributed by atoms with Crippen molar-refractivity contribution >= 4 is 0 Å². The molecule has 0 spiro atoms. The summed E-state index contributed by atoms with van der Waals surface area (Å²) in [6.45, 7) is 12.6. The molecule has 0 aromatic heterocycles. The lowest BCUT2D eigenvalue weighted by atomic mass is 9.80. The maximum atomic E-state index is 5.78. The highest BCUT2D eigenvalue weighted by molar-refractivity contribution is 4.85. The maximum absolute atomic E-state index is 5.78. The quantitative estimate of drug-likeness (QED) is 0.772. The second-order valence-corrected chi connectivity index (χ2v) is 6.01. The van der Waals surface area contributed by atoms with Crippen LogP contribution in [0.4, 0.5) is 0 Å². The van der Waals surface area contributed by atoms with Gasteiger partial charge in [0.05, 0.1) is 12.2 Å². The minimum Gasteiger partial charge on any atom is -0.373 e. The zero-order valence-corrected chi connectivity index (χ0v) is 11.0. The average molecular weight is 226 g/mol. The van der Waals surface area contributed by atoms with Crippen LogP contribution in [0, 0.1) is 5.41 Å². The summed E-state index contributed by atoms with van der Waals surface area (Å²) < 4.78 is 5.78. The number of nitrogens with one attached hydrogen (secondary N) is 1. The molecule has 0 aliphatic carbocycles. The minimum absolute atomic E-state index is 0.397. The molecular formula is C13H26N2O. The Balaban J connectivity index is 1.87. The first kappa shape index (κ1) is 12.3. The van der Waals surface area contributed by atoms with Crippen molar-refractivity contribution in [2.24, 2.45) is 5.41 Å². The molecule has 2 unspecified atom stereocenters. The lowest BCUT2D eigenvalue weighted by Crippen LogP contribution is -2.50. The Bertz CT molecular complexity index is 216. The molecule has 1 N–H and O–H groups in total. The molecule has 3 heteroatoms. The molecule has 2 heterocycles. The summed E-state index contributed by atoms with van der Waals surface area (Å²) in [5.74, 6) is 0. The van der Waals surface area contributed by atoms with Crippen molar-refractivity contribution in [1.29, 1.82) is 0 Å². The normalized spacial score (nSPS) is 36.2. The van der Waals surface area contributed by atoms with E-state index in [4.69, 9.17) is 4.74 Å². The van der Waals surface area contributed by atoms with Crippen LogP contribution in [0.15, 0.2) is 0 Å². The van der Waals surface area contributed by atoms with E-state index in [2.05, 4.69) is 31.0 Å². The minimum atomic E-state index is 0.397. The van der Waals surface area contributed by atoms with Gasteiger partial charge in [-0.05, 0) is 45.2 Å². The monoisotopic (exact) mass is 226 g/mol. The van der Waals surface area contributed by atoms with Gasteiger partial charge in [-0.1, -0.05) is 6.92 Å². The van der Waals surface area contributed by atoms with Gasteiger partial charge in [0.1, 0.15) is 0 Å². The summed E-state index contributed by atoms with van der Waals surface area (Å²) in [6, 6.07) is 0. The van der Waals surface area contributed by atoms with Gasteiger partial charge in [-0.2, -0.15) is 0 Å². The fraction of sp³-hybridized carbons (Fsp3) is 1.00.